The average Bonchev–Trinajstić information content (AvgIpc) is 3.82. The fraction of sp³-hybridized carbons (Fsp3) is 0. The third-order valence-corrected chi connectivity index (χ3v) is 9.84. The maximum atomic E-state index is 6.39. The van der Waals surface area contributed by atoms with Gasteiger partial charge in [0.25, 0.3) is 0 Å². The van der Waals surface area contributed by atoms with E-state index in [1.165, 1.54) is 21.8 Å². The lowest BCUT2D eigenvalue weighted by atomic mass is 9.98. The Labute approximate surface area is 279 Å². The number of hydrogen-bond donors (Lipinski definition) is 0. The van der Waals surface area contributed by atoms with E-state index < -0.39 is 0 Å². The first-order chi connectivity index (χ1) is 24.3. The van der Waals surface area contributed by atoms with Gasteiger partial charge in [0.15, 0.2) is 0 Å². The highest BCUT2D eigenvalue weighted by atomic mass is 16.3. The predicted octanol–water partition coefficient (Wildman–Crippen LogP) is 11.9. The normalized spacial score (nSPS) is 12.1. The first kappa shape index (κ1) is 26.4. The molecule has 11 rings (SSSR count). The van der Waals surface area contributed by atoms with Gasteiger partial charge in [-0.1, -0.05) is 84.9 Å². The number of aromatic nitrogens is 3. The van der Waals surface area contributed by atoms with Crippen molar-refractivity contribution < 1.29 is 8.83 Å². The van der Waals surface area contributed by atoms with Crippen LogP contribution in [0, 0.1) is 0 Å². The van der Waals surface area contributed by atoms with Crippen LogP contribution in [0.5, 0.6) is 0 Å². The van der Waals surface area contributed by atoms with E-state index in [1.54, 1.807) is 0 Å². The summed E-state index contributed by atoms with van der Waals surface area (Å²) in [4.78, 5) is 9.89. The lowest BCUT2D eigenvalue weighted by Gasteiger charge is -2.08. The first-order valence-electron chi connectivity index (χ1n) is 16.4. The molecule has 4 heterocycles. The Kier molecular flexibility index (Phi) is 5.32. The summed E-state index contributed by atoms with van der Waals surface area (Å²) in [6.07, 6.45) is 1.85. The molecule has 0 fully saturated rings. The highest BCUT2D eigenvalue weighted by Crippen LogP contribution is 2.40. The minimum atomic E-state index is 0.524. The Morgan fingerprint density at radius 1 is 0.490 bits per heavy atom. The molecule has 0 bridgehead atoms. The van der Waals surface area contributed by atoms with Gasteiger partial charge in [-0.3, -0.25) is 0 Å². The van der Waals surface area contributed by atoms with E-state index in [4.69, 9.17) is 18.8 Å². The zero-order valence-corrected chi connectivity index (χ0v) is 26.1. The van der Waals surface area contributed by atoms with Crippen molar-refractivity contribution >= 4 is 76.7 Å². The standard InChI is InChI=1S/C44H25N3O2/c1-2-11-30(12-3-1)47-37-15-7-6-13-31(37)33-21-28(17-19-38(33)47)29-18-20-39-34(22-29)42-32(14-8-16-40(42)48-39)36-25-45-43-35-23-26-9-4-5-10-27(26)24-41(35)49-44(43)46-36/h1-25H. The molecular formula is C44H25N3O2. The molecule has 0 aliphatic carbocycles. The highest BCUT2D eigenvalue weighted by molar-refractivity contribution is 6.15. The molecule has 0 amide bonds. The molecular weight excluding hydrogens is 603 g/mol. The Bertz CT molecular complexity index is 3110. The van der Waals surface area contributed by atoms with Gasteiger partial charge in [-0.15, -0.1) is 0 Å². The monoisotopic (exact) mass is 627 g/mol. The van der Waals surface area contributed by atoms with E-state index in [0.717, 1.165) is 77.3 Å². The molecule has 49 heavy (non-hydrogen) atoms. The summed E-state index contributed by atoms with van der Waals surface area (Å²) in [5.74, 6) is 0. The predicted molar refractivity (Wildman–Crippen MR) is 199 cm³/mol. The fourth-order valence-electron chi connectivity index (χ4n) is 7.58. The van der Waals surface area contributed by atoms with Crippen molar-refractivity contribution in [3.63, 3.8) is 0 Å². The van der Waals surface area contributed by atoms with Gasteiger partial charge in [-0.25, -0.2) is 9.97 Å². The molecule has 0 saturated heterocycles. The molecule has 0 atom stereocenters. The quantitative estimate of drug-likeness (QED) is 0.196. The van der Waals surface area contributed by atoms with Crippen LogP contribution in [-0.2, 0) is 0 Å². The van der Waals surface area contributed by atoms with Gasteiger partial charge in [-0.2, -0.15) is 0 Å². The topological polar surface area (TPSA) is 57.0 Å². The number of furan rings is 2. The first-order valence-corrected chi connectivity index (χ1v) is 16.4. The van der Waals surface area contributed by atoms with Crippen LogP contribution in [0.15, 0.2) is 161 Å². The lowest BCUT2D eigenvalue weighted by molar-refractivity contribution is 0.654. The molecule has 5 nitrogen and oxygen atoms in total. The van der Waals surface area contributed by atoms with Crippen molar-refractivity contribution in [2.24, 2.45) is 0 Å². The van der Waals surface area contributed by atoms with E-state index in [1.807, 2.05) is 30.5 Å². The smallest absolute Gasteiger partial charge is 0.246 e. The SMILES string of the molecule is c1ccc(-n2c3ccccc3c3cc(-c4ccc5oc6cccc(-c7cnc8c(n7)oc7cc9ccccc9cc78)c6c5c4)ccc32)cc1. The van der Waals surface area contributed by atoms with Gasteiger partial charge >= 0.3 is 0 Å². The number of para-hydroxylation sites is 2. The molecule has 0 saturated carbocycles. The summed E-state index contributed by atoms with van der Waals surface area (Å²) in [5.41, 5.74) is 11.2. The maximum absolute atomic E-state index is 6.39. The van der Waals surface area contributed by atoms with Crippen molar-refractivity contribution in [3.05, 3.63) is 152 Å². The molecule has 5 heteroatoms. The van der Waals surface area contributed by atoms with Gasteiger partial charge in [0, 0.05) is 38.2 Å². The van der Waals surface area contributed by atoms with Gasteiger partial charge in [0.05, 0.1) is 22.9 Å². The summed E-state index contributed by atoms with van der Waals surface area (Å²) in [6, 6.07) is 51.0. The molecule has 7 aromatic carbocycles. The van der Waals surface area contributed by atoms with E-state index in [-0.39, 0.29) is 0 Å². The van der Waals surface area contributed by atoms with E-state index in [2.05, 4.69) is 126 Å². The third-order valence-electron chi connectivity index (χ3n) is 9.84. The molecule has 11 aromatic rings. The Balaban J connectivity index is 1.08. The number of benzene rings is 7. The molecule has 0 aliphatic heterocycles. The second-order valence-corrected chi connectivity index (χ2v) is 12.6. The summed E-state index contributed by atoms with van der Waals surface area (Å²) < 4.78 is 15.0. The Hall–Kier alpha value is -6.72. The Morgan fingerprint density at radius 2 is 1.24 bits per heavy atom. The fourth-order valence-corrected chi connectivity index (χ4v) is 7.58. The zero-order valence-electron chi connectivity index (χ0n) is 26.1. The molecule has 0 aliphatic rings. The summed E-state index contributed by atoms with van der Waals surface area (Å²) in [5, 5.41) is 7.73. The Morgan fingerprint density at radius 3 is 2.14 bits per heavy atom. The number of fused-ring (bicyclic) bond motifs is 10. The summed E-state index contributed by atoms with van der Waals surface area (Å²) in [7, 11) is 0. The minimum Gasteiger partial charge on any atom is -0.456 e. The van der Waals surface area contributed by atoms with Crippen LogP contribution < -0.4 is 0 Å². The number of rotatable bonds is 3. The maximum Gasteiger partial charge on any atom is 0.246 e. The average molecular weight is 628 g/mol. The minimum absolute atomic E-state index is 0.524. The van der Waals surface area contributed by atoms with Gasteiger partial charge in [0.2, 0.25) is 5.71 Å². The molecule has 4 aromatic heterocycles. The molecule has 228 valence electrons. The van der Waals surface area contributed by atoms with Crippen LogP contribution in [-0.4, -0.2) is 14.5 Å². The molecule has 0 spiro atoms. The van der Waals surface area contributed by atoms with Crippen molar-refractivity contribution in [1.82, 2.24) is 14.5 Å². The third kappa shape index (κ3) is 3.87. The van der Waals surface area contributed by atoms with E-state index in [9.17, 15) is 0 Å². The van der Waals surface area contributed by atoms with Crippen LogP contribution in [0.3, 0.4) is 0 Å². The van der Waals surface area contributed by atoms with Crippen LogP contribution in [0.2, 0.25) is 0 Å². The second-order valence-electron chi connectivity index (χ2n) is 12.6. The van der Waals surface area contributed by atoms with Crippen LogP contribution in [0.1, 0.15) is 0 Å². The van der Waals surface area contributed by atoms with Crippen LogP contribution in [0.4, 0.5) is 0 Å². The van der Waals surface area contributed by atoms with Crippen molar-refractivity contribution in [2.75, 3.05) is 0 Å². The molecule has 0 N–H and O–H groups in total. The largest absolute Gasteiger partial charge is 0.456 e. The van der Waals surface area contributed by atoms with Crippen LogP contribution >= 0.6 is 0 Å². The zero-order chi connectivity index (χ0) is 32.1. The van der Waals surface area contributed by atoms with Gasteiger partial charge < -0.3 is 13.4 Å². The highest BCUT2D eigenvalue weighted by Gasteiger charge is 2.18. The molecule has 0 unspecified atom stereocenters. The van der Waals surface area contributed by atoms with Gasteiger partial charge in [0.1, 0.15) is 22.3 Å². The van der Waals surface area contributed by atoms with Crippen molar-refractivity contribution in [2.45, 2.75) is 0 Å². The van der Waals surface area contributed by atoms with Crippen LogP contribution in [0.25, 0.3) is 105 Å². The van der Waals surface area contributed by atoms with E-state index in [0.29, 0.717) is 5.71 Å². The second kappa shape index (κ2) is 9.89. The van der Waals surface area contributed by atoms with Crippen molar-refractivity contribution in [3.8, 4) is 28.1 Å². The summed E-state index contributed by atoms with van der Waals surface area (Å²) in [6.45, 7) is 0. The summed E-state index contributed by atoms with van der Waals surface area (Å²) >= 11 is 0. The number of nitrogens with zero attached hydrogens (tertiary/aromatic N) is 3. The molecule has 0 radical (unpaired) electrons. The lowest BCUT2D eigenvalue weighted by Crippen LogP contribution is -1.92. The number of hydrogen-bond acceptors (Lipinski definition) is 4. The van der Waals surface area contributed by atoms with Crippen molar-refractivity contribution in [1.29, 1.82) is 0 Å². The van der Waals surface area contributed by atoms with E-state index >= 15 is 0 Å². The van der Waals surface area contributed by atoms with Gasteiger partial charge in [-0.05, 0) is 82.6 Å².